The third-order valence-electron chi connectivity index (χ3n) is 3.68. The van der Waals surface area contributed by atoms with Crippen LogP contribution in [0, 0.1) is 12.7 Å². The molecule has 0 aliphatic heterocycles. The Morgan fingerprint density at radius 1 is 1.04 bits per heavy atom. The van der Waals surface area contributed by atoms with Crippen molar-refractivity contribution in [1.82, 2.24) is 5.32 Å². The highest BCUT2D eigenvalue weighted by molar-refractivity contribution is 5.94. The van der Waals surface area contributed by atoms with Gasteiger partial charge in [0.05, 0.1) is 33.4 Å². The second kappa shape index (κ2) is 7.68. The molecule has 0 spiro atoms. The third-order valence-corrected chi connectivity index (χ3v) is 3.68. The molecule has 1 amide bonds. The zero-order valence-electron chi connectivity index (χ0n) is 14.1. The number of benzene rings is 2. The summed E-state index contributed by atoms with van der Waals surface area (Å²) >= 11 is 0. The van der Waals surface area contributed by atoms with Crippen molar-refractivity contribution in [1.29, 1.82) is 0 Å². The van der Waals surface area contributed by atoms with Crippen LogP contribution >= 0.6 is 0 Å². The minimum Gasteiger partial charge on any atom is -0.496 e. The Morgan fingerprint density at radius 3 is 2.17 bits per heavy atom. The summed E-state index contributed by atoms with van der Waals surface area (Å²) in [6, 6.07) is 7.77. The lowest BCUT2D eigenvalue weighted by atomic mass is 10.1. The summed E-state index contributed by atoms with van der Waals surface area (Å²) in [6.45, 7) is 1.81. The van der Waals surface area contributed by atoms with Gasteiger partial charge in [0.2, 0.25) is 0 Å². The molecule has 5 nitrogen and oxygen atoms in total. The van der Waals surface area contributed by atoms with Crippen molar-refractivity contribution in [2.75, 3.05) is 21.3 Å². The number of carbonyl (C=O) groups excluding carboxylic acids is 1. The highest BCUT2D eigenvalue weighted by Gasteiger charge is 2.15. The van der Waals surface area contributed by atoms with Gasteiger partial charge in [-0.3, -0.25) is 4.79 Å². The van der Waals surface area contributed by atoms with Gasteiger partial charge in [0.25, 0.3) is 5.91 Å². The van der Waals surface area contributed by atoms with Crippen LogP contribution in [0.25, 0.3) is 0 Å². The molecule has 2 aromatic carbocycles. The smallest absolute Gasteiger partial charge is 0.251 e. The Bertz CT molecular complexity index is 721. The van der Waals surface area contributed by atoms with Gasteiger partial charge in [-0.25, -0.2) is 4.39 Å². The molecule has 0 radical (unpaired) electrons. The maximum absolute atomic E-state index is 13.6. The molecule has 0 aliphatic rings. The van der Waals surface area contributed by atoms with Crippen LogP contribution in [0.3, 0.4) is 0 Å². The summed E-state index contributed by atoms with van der Waals surface area (Å²) < 4.78 is 29.4. The van der Waals surface area contributed by atoms with E-state index in [-0.39, 0.29) is 18.0 Å². The number of aryl methyl sites for hydroxylation is 1. The van der Waals surface area contributed by atoms with E-state index in [1.165, 1.54) is 20.3 Å². The minimum atomic E-state index is -0.415. The van der Waals surface area contributed by atoms with Gasteiger partial charge in [-0.1, -0.05) is 6.07 Å². The van der Waals surface area contributed by atoms with Crippen molar-refractivity contribution in [2.45, 2.75) is 13.5 Å². The van der Waals surface area contributed by atoms with Crippen LogP contribution in [0.15, 0.2) is 30.3 Å². The molecule has 2 aromatic rings. The fraction of sp³-hybridized carbons (Fsp3) is 0.278. The SMILES string of the molecule is COc1cc(OC)c(CNC(=O)c2ccc(C)c(F)c2)c(OC)c1. The predicted molar refractivity (Wildman–Crippen MR) is 88.4 cm³/mol. The molecule has 0 aliphatic carbocycles. The largest absolute Gasteiger partial charge is 0.496 e. The van der Waals surface area contributed by atoms with E-state index in [0.717, 1.165) is 0 Å². The van der Waals surface area contributed by atoms with Crippen LogP contribution in [-0.4, -0.2) is 27.2 Å². The molecule has 0 fully saturated rings. The molecule has 0 unspecified atom stereocenters. The lowest BCUT2D eigenvalue weighted by molar-refractivity contribution is 0.0950. The Morgan fingerprint density at radius 2 is 1.67 bits per heavy atom. The number of methoxy groups -OCH3 is 3. The van der Waals surface area contributed by atoms with E-state index in [2.05, 4.69) is 5.32 Å². The first kappa shape index (κ1) is 17.6. The summed E-state index contributed by atoms with van der Waals surface area (Å²) in [5.74, 6) is 0.846. The minimum absolute atomic E-state index is 0.171. The van der Waals surface area contributed by atoms with Gasteiger partial charge in [-0.2, -0.15) is 0 Å². The summed E-state index contributed by atoms with van der Waals surface area (Å²) in [6.07, 6.45) is 0. The lowest BCUT2D eigenvalue weighted by Gasteiger charge is -2.15. The van der Waals surface area contributed by atoms with Crippen molar-refractivity contribution in [2.24, 2.45) is 0 Å². The Labute approximate surface area is 140 Å². The van der Waals surface area contributed by atoms with Crippen LogP contribution in [0.2, 0.25) is 0 Å². The van der Waals surface area contributed by atoms with Crippen molar-refractivity contribution in [3.8, 4) is 17.2 Å². The molecule has 24 heavy (non-hydrogen) atoms. The Kier molecular flexibility index (Phi) is 5.63. The fourth-order valence-corrected chi connectivity index (χ4v) is 2.26. The van der Waals surface area contributed by atoms with E-state index in [4.69, 9.17) is 14.2 Å². The molecule has 0 saturated heterocycles. The van der Waals surface area contributed by atoms with Crippen molar-refractivity contribution >= 4 is 5.91 Å². The summed E-state index contributed by atoms with van der Waals surface area (Å²) in [5.41, 5.74) is 1.41. The van der Waals surface area contributed by atoms with Crippen LogP contribution in [-0.2, 0) is 6.54 Å². The summed E-state index contributed by atoms with van der Waals surface area (Å²) in [5, 5.41) is 2.74. The average Bonchev–Trinajstić information content (AvgIpc) is 2.61. The molecule has 0 bridgehead atoms. The first-order valence-corrected chi connectivity index (χ1v) is 7.33. The molecule has 2 rings (SSSR count). The normalized spacial score (nSPS) is 10.2. The van der Waals surface area contributed by atoms with Gasteiger partial charge in [0.15, 0.2) is 0 Å². The van der Waals surface area contributed by atoms with Crippen LogP contribution in [0.5, 0.6) is 17.2 Å². The van der Waals surface area contributed by atoms with Crippen LogP contribution in [0.4, 0.5) is 4.39 Å². The van der Waals surface area contributed by atoms with E-state index < -0.39 is 5.82 Å². The Balaban J connectivity index is 2.21. The first-order valence-electron chi connectivity index (χ1n) is 7.33. The first-order chi connectivity index (χ1) is 11.5. The topological polar surface area (TPSA) is 56.8 Å². The van der Waals surface area contributed by atoms with E-state index in [1.807, 2.05) is 0 Å². The van der Waals surface area contributed by atoms with E-state index >= 15 is 0 Å². The number of nitrogens with one attached hydrogen (secondary N) is 1. The monoisotopic (exact) mass is 333 g/mol. The number of carbonyl (C=O) groups is 1. The molecule has 0 heterocycles. The second-order valence-electron chi connectivity index (χ2n) is 5.16. The van der Waals surface area contributed by atoms with Gasteiger partial charge in [-0.15, -0.1) is 0 Å². The second-order valence-corrected chi connectivity index (χ2v) is 5.16. The van der Waals surface area contributed by atoms with Gasteiger partial charge >= 0.3 is 0 Å². The van der Waals surface area contributed by atoms with Crippen LogP contribution in [0.1, 0.15) is 21.5 Å². The Hall–Kier alpha value is -2.76. The molecule has 0 aromatic heterocycles. The number of amides is 1. The number of hydrogen-bond acceptors (Lipinski definition) is 4. The van der Waals surface area contributed by atoms with Gasteiger partial charge in [0, 0.05) is 17.7 Å². The third kappa shape index (κ3) is 3.76. The summed E-state index contributed by atoms with van der Waals surface area (Å²) in [4.78, 5) is 12.2. The maximum atomic E-state index is 13.6. The van der Waals surface area contributed by atoms with Crippen molar-refractivity contribution < 1.29 is 23.4 Å². The molecule has 1 N–H and O–H groups in total. The maximum Gasteiger partial charge on any atom is 0.251 e. The van der Waals surface area contributed by atoms with E-state index in [0.29, 0.717) is 28.4 Å². The highest BCUT2D eigenvalue weighted by atomic mass is 19.1. The van der Waals surface area contributed by atoms with Gasteiger partial charge in [-0.05, 0) is 24.6 Å². The quantitative estimate of drug-likeness (QED) is 0.883. The zero-order valence-corrected chi connectivity index (χ0v) is 14.1. The molecule has 0 atom stereocenters. The molecule has 128 valence electrons. The molecular weight excluding hydrogens is 313 g/mol. The number of hydrogen-bond donors (Lipinski definition) is 1. The standard InChI is InChI=1S/C18H20FNO4/c1-11-5-6-12(7-15(11)19)18(21)20-10-14-16(23-3)8-13(22-2)9-17(14)24-4/h5-9H,10H2,1-4H3,(H,20,21). The number of halogens is 1. The van der Waals surface area contributed by atoms with E-state index in [1.54, 1.807) is 38.3 Å². The number of ether oxygens (including phenoxy) is 3. The predicted octanol–water partition coefficient (Wildman–Crippen LogP) is 3.09. The average molecular weight is 333 g/mol. The summed E-state index contributed by atoms with van der Waals surface area (Å²) in [7, 11) is 4.59. The van der Waals surface area contributed by atoms with Crippen LogP contribution < -0.4 is 19.5 Å². The van der Waals surface area contributed by atoms with E-state index in [9.17, 15) is 9.18 Å². The van der Waals surface area contributed by atoms with Gasteiger partial charge in [0.1, 0.15) is 23.1 Å². The fourth-order valence-electron chi connectivity index (χ4n) is 2.26. The molecular formula is C18H20FNO4. The highest BCUT2D eigenvalue weighted by Crippen LogP contribution is 2.33. The van der Waals surface area contributed by atoms with Gasteiger partial charge < -0.3 is 19.5 Å². The van der Waals surface area contributed by atoms with Crippen molar-refractivity contribution in [3.05, 3.63) is 52.8 Å². The lowest BCUT2D eigenvalue weighted by Crippen LogP contribution is -2.23. The molecule has 0 saturated carbocycles. The van der Waals surface area contributed by atoms with Crippen molar-refractivity contribution in [3.63, 3.8) is 0 Å². The number of rotatable bonds is 6. The zero-order chi connectivity index (χ0) is 17.7. The molecule has 6 heteroatoms.